The maximum absolute atomic E-state index is 7.73. The molecule has 0 aliphatic heterocycles. The largest absolute Gasteiger partial charge is 0.456 e. The summed E-state index contributed by atoms with van der Waals surface area (Å²) in [7, 11) is 0. The van der Waals surface area contributed by atoms with Gasteiger partial charge >= 0.3 is 0 Å². The van der Waals surface area contributed by atoms with Crippen LogP contribution < -0.4 is 4.74 Å². The first-order valence-corrected chi connectivity index (χ1v) is 5.87. The molecule has 0 bridgehead atoms. The maximum Gasteiger partial charge on any atom is 0.137 e. The summed E-state index contributed by atoms with van der Waals surface area (Å²) in [4.78, 5) is 0. The summed E-state index contributed by atoms with van der Waals surface area (Å²) in [6.45, 7) is 3.71. The molecule has 18 heavy (non-hydrogen) atoms. The van der Waals surface area contributed by atoms with Crippen molar-refractivity contribution in [2.75, 3.05) is 0 Å². The average molecular weight is 258 g/mol. The van der Waals surface area contributed by atoms with E-state index in [1.807, 2.05) is 25.1 Å². The SMILES string of the molecule is CC(=N)c1ccc(C)cc1Oc1cc#cc(Cl)c1. The van der Waals surface area contributed by atoms with E-state index in [1.54, 1.807) is 19.1 Å². The highest BCUT2D eigenvalue weighted by molar-refractivity contribution is 6.30. The second kappa shape index (κ2) is 5.12. The lowest BCUT2D eigenvalue weighted by molar-refractivity contribution is 0.481. The zero-order valence-electron chi connectivity index (χ0n) is 10.2. The molecule has 1 N–H and O–H groups in total. The van der Waals surface area contributed by atoms with E-state index >= 15 is 0 Å². The number of halogens is 1. The first kappa shape index (κ1) is 12.5. The summed E-state index contributed by atoms with van der Waals surface area (Å²) >= 11 is 5.84. The van der Waals surface area contributed by atoms with Gasteiger partial charge in [0, 0.05) is 23.4 Å². The van der Waals surface area contributed by atoms with Crippen LogP contribution in [0.4, 0.5) is 0 Å². The van der Waals surface area contributed by atoms with E-state index in [-0.39, 0.29) is 0 Å². The van der Waals surface area contributed by atoms with Crippen molar-refractivity contribution in [3.63, 3.8) is 0 Å². The van der Waals surface area contributed by atoms with Crippen molar-refractivity contribution >= 4 is 17.3 Å². The van der Waals surface area contributed by atoms with Crippen LogP contribution in [-0.4, -0.2) is 5.71 Å². The van der Waals surface area contributed by atoms with Crippen LogP contribution in [0.15, 0.2) is 30.3 Å². The Labute approximate surface area is 112 Å². The van der Waals surface area contributed by atoms with Gasteiger partial charge in [0.1, 0.15) is 11.5 Å². The van der Waals surface area contributed by atoms with E-state index in [2.05, 4.69) is 12.1 Å². The van der Waals surface area contributed by atoms with Crippen LogP contribution in [0.1, 0.15) is 18.1 Å². The minimum atomic E-state index is 0.452. The van der Waals surface area contributed by atoms with E-state index in [0.29, 0.717) is 22.2 Å². The maximum atomic E-state index is 7.73. The van der Waals surface area contributed by atoms with Gasteiger partial charge in [-0.25, -0.2) is 0 Å². The summed E-state index contributed by atoms with van der Waals surface area (Å²) in [6, 6.07) is 14.6. The predicted molar refractivity (Wildman–Crippen MR) is 72.9 cm³/mol. The summed E-state index contributed by atoms with van der Waals surface area (Å²) in [5.41, 5.74) is 2.31. The molecule has 0 aliphatic carbocycles. The van der Waals surface area contributed by atoms with Crippen LogP contribution in [0, 0.1) is 24.5 Å². The van der Waals surface area contributed by atoms with Crippen molar-refractivity contribution in [3.05, 3.63) is 58.6 Å². The fraction of sp³-hybridized carbons (Fsp3) is 0.133. The molecule has 0 radical (unpaired) electrons. The number of rotatable bonds is 3. The molecule has 2 aromatic rings. The summed E-state index contributed by atoms with van der Waals surface area (Å²) < 4.78 is 5.76. The molecule has 0 heterocycles. The lowest BCUT2D eigenvalue weighted by Crippen LogP contribution is -1.97. The second-order valence-corrected chi connectivity index (χ2v) is 4.44. The minimum absolute atomic E-state index is 0.452. The fourth-order valence-corrected chi connectivity index (χ4v) is 1.75. The standard InChI is InChI=1S/C15H12ClNO/c1-10-6-7-14(11(2)17)15(8-10)18-13-5-3-4-12(16)9-13/h5-9,17H,1-2H3. The quantitative estimate of drug-likeness (QED) is 0.811. The third-order valence-corrected chi connectivity index (χ3v) is 2.65. The minimum Gasteiger partial charge on any atom is -0.456 e. The highest BCUT2D eigenvalue weighted by Gasteiger charge is 2.07. The van der Waals surface area contributed by atoms with Crippen molar-refractivity contribution in [2.45, 2.75) is 13.8 Å². The van der Waals surface area contributed by atoms with Crippen LogP contribution in [0.25, 0.3) is 0 Å². The average Bonchev–Trinajstić information content (AvgIpc) is 2.28. The molecule has 0 aliphatic rings. The molecule has 2 rings (SSSR count). The van der Waals surface area contributed by atoms with Gasteiger partial charge in [-0.1, -0.05) is 23.7 Å². The highest BCUT2D eigenvalue weighted by atomic mass is 35.5. The Hall–Kier alpha value is -1.98. The molecule has 3 heteroatoms. The topological polar surface area (TPSA) is 33.1 Å². The van der Waals surface area contributed by atoms with Gasteiger partial charge in [0.25, 0.3) is 0 Å². The van der Waals surface area contributed by atoms with Gasteiger partial charge in [-0.3, -0.25) is 0 Å². The Bertz CT molecular complexity index is 593. The summed E-state index contributed by atoms with van der Waals surface area (Å²) in [5.74, 6) is 1.24. The molecule has 0 saturated carbocycles. The Morgan fingerprint density at radius 3 is 2.78 bits per heavy atom. The van der Waals surface area contributed by atoms with Crippen LogP contribution in [-0.2, 0) is 0 Å². The Kier molecular flexibility index (Phi) is 3.55. The van der Waals surface area contributed by atoms with Crippen LogP contribution in [0.5, 0.6) is 11.5 Å². The molecular weight excluding hydrogens is 246 g/mol. The Morgan fingerprint density at radius 2 is 2.11 bits per heavy atom. The molecule has 90 valence electrons. The summed E-state index contributed by atoms with van der Waals surface area (Å²) in [5, 5.41) is 8.19. The van der Waals surface area contributed by atoms with Crippen LogP contribution >= 0.6 is 11.6 Å². The molecule has 0 saturated heterocycles. The van der Waals surface area contributed by atoms with Gasteiger partial charge in [0.05, 0.1) is 5.02 Å². The lowest BCUT2D eigenvalue weighted by Gasteiger charge is -2.10. The molecule has 0 fully saturated rings. The molecule has 0 aromatic heterocycles. The van der Waals surface area contributed by atoms with Gasteiger partial charge < -0.3 is 10.1 Å². The van der Waals surface area contributed by atoms with Crippen molar-refractivity contribution in [2.24, 2.45) is 0 Å². The monoisotopic (exact) mass is 257 g/mol. The van der Waals surface area contributed by atoms with E-state index in [0.717, 1.165) is 11.1 Å². The number of hydrogen-bond acceptors (Lipinski definition) is 2. The van der Waals surface area contributed by atoms with E-state index in [1.165, 1.54) is 0 Å². The Morgan fingerprint density at radius 1 is 1.33 bits per heavy atom. The lowest BCUT2D eigenvalue weighted by atomic mass is 10.1. The zero-order valence-corrected chi connectivity index (χ0v) is 10.9. The third-order valence-electron chi connectivity index (χ3n) is 2.44. The van der Waals surface area contributed by atoms with Crippen molar-refractivity contribution in [1.29, 1.82) is 5.41 Å². The van der Waals surface area contributed by atoms with Gasteiger partial charge in [0.2, 0.25) is 0 Å². The molecule has 0 spiro atoms. The molecule has 2 nitrogen and oxygen atoms in total. The molecule has 0 atom stereocenters. The van der Waals surface area contributed by atoms with E-state index < -0.39 is 0 Å². The van der Waals surface area contributed by atoms with Gasteiger partial charge in [0.15, 0.2) is 0 Å². The number of nitrogens with one attached hydrogen (secondary N) is 1. The molecule has 2 aromatic carbocycles. The second-order valence-electron chi connectivity index (χ2n) is 4.03. The van der Waals surface area contributed by atoms with Crippen molar-refractivity contribution in [1.82, 2.24) is 0 Å². The predicted octanol–water partition coefficient (Wildman–Crippen LogP) is 4.43. The zero-order chi connectivity index (χ0) is 13.1. The van der Waals surface area contributed by atoms with Crippen molar-refractivity contribution in [3.8, 4) is 11.5 Å². The first-order chi connectivity index (χ1) is 8.56. The van der Waals surface area contributed by atoms with Gasteiger partial charge in [-0.2, -0.15) is 0 Å². The third kappa shape index (κ3) is 2.82. The number of benzene rings is 1. The van der Waals surface area contributed by atoms with Crippen LogP contribution in [0.2, 0.25) is 5.02 Å². The normalized spacial score (nSPS) is 9.72. The van der Waals surface area contributed by atoms with E-state index in [4.69, 9.17) is 21.7 Å². The molecule has 0 unspecified atom stereocenters. The number of ether oxygens (including phenoxy) is 1. The Balaban J connectivity index is 2.39. The summed E-state index contributed by atoms with van der Waals surface area (Å²) in [6.07, 6.45) is 0. The molecular formula is C15H12ClNO. The van der Waals surface area contributed by atoms with Crippen LogP contribution in [0.3, 0.4) is 0 Å². The first-order valence-electron chi connectivity index (χ1n) is 5.49. The molecule has 0 amide bonds. The van der Waals surface area contributed by atoms with Gasteiger partial charge in [-0.15, -0.1) is 0 Å². The number of aryl methyl sites for hydroxylation is 1. The van der Waals surface area contributed by atoms with Crippen molar-refractivity contribution < 1.29 is 4.74 Å². The highest BCUT2D eigenvalue weighted by Crippen LogP contribution is 2.27. The number of hydrogen-bond donors (Lipinski definition) is 1. The fourth-order valence-electron chi connectivity index (χ4n) is 1.59. The van der Waals surface area contributed by atoms with Gasteiger partial charge in [-0.05, 0) is 37.6 Å². The smallest absolute Gasteiger partial charge is 0.137 e. The van der Waals surface area contributed by atoms with E-state index in [9.17, 15) is 0 Å².